The zero-order chi connectivity index (χ0) is 40.1. The zero-order valence-corrected chi connectivity index (χ0v) is 27.4. The van der Waals surface area contributed by atoms with Crippen LogP contribution in [0, 0.1) is 11.7 Å². The molecule has 2 heterocycles. The van der Waals surface area contributed by atoms with Crippen LogP contribution in [0.3, 0.4) is 0 Å². The average molecular weight is 801 g/mol. The molecule has 1 aromatic heterocycles. The van der Waals surface area contributed by atoms with Gasteiger partial charge in [-0.1, -0.05) is 50.7 Å². The molecule has 0 spiro atoms. The number of aromatic nitrogens is 2. The van der Waals surface area contributed by atoms with Crippen LogP contribution in [-0.2, 0) is 5.92 Å². The first-order chi connectivity index (χ1) is 24.9. The summed E-state index contributed by atoms with van der Waals surface area (Å²) in [7, 11) is 0. The highest BCUT2D eigenvalue weighted by atomic mass is 19.4. The van der Waals surface area contributed by atoms with Crippen molar-refractivity contribution < 1.29 is 79.7 Å². The van der Waals surface area contributed by atoms with Gasteiger partial charge in [0.15, 0.2) is 11.9 Å². The third-order valence-corrected chi connectivity index (χ3v) is 9.10. The molecule has 1 aliphatic heterocycles. The first-order valence-electron chi connectivity index (χ1n) is 16.3. The molecule has 1 saturated carbocycles. The molecule has 2 aliphatic rings. The molecule has 1 atom stereocenters. The van der Waals surface area contributed by atoms with E-state index < -0.39 is 82.8 Å². The number of alkyl halides is 15. The summed E-state index contributed by atoms with van der Waals surface area (Å²) in [4.78, 5) is 7.79. The Morgan fingerprint density at radius 1 is 0.685 bits per heavy atom. The highest BCUT2D eigenvalue weighted by Crippen LogP contribution is 2.62. The van der Waals surface area contributed by atoms with Crippen molar-refractivity contribution in [1.29, 1.82) is 0 Å². The van der Waals surface area contributed by atoms with Gasteiger partial charge in [-0.15, -0.1) is 0 Å². The number of hydrogen-bond acceptors (Lipinski definition) is 4. The molecule has 3 aromatic rings. The van der Waals surface area contributed by atoms with E-state index in [2.05, 4.69) is 14.7 Å². The molecule has 0 bridgehead atoms. The lowest BCUT2D eigenvalue weighted by Gasteiger charge is -2.40. The normalized spacial score (nSPS) is 18.0. The minimum atomic E-state index is -8.21. The van der Waals surface area contributed by atoms with Crippen molar-refractivity contribution in [2.75, 3.05) is 6.61 Å². The molecule has 0 radical (unpaired) electrons. The fourth-order valence-electron chi connectivity index (χ4n) is 5.71. The maximum absolute atomic E-state index is 15.5. The van der Waals surface area contributed by atoms with Crippen molar-refractivity contribution >= 4 is 0 Å². The Kier molecular flexibility index (Phi) is 10.9. The standard InChI is InChI=1S/C34H28F16N2O2/c35-26-22(27-51-16-20(17-52-27)19-8-10-21(11-9-19)53-14-4-2-1-3-5-18-6-7-18)12-13-23-25(26)29(38,39)24(54-23)15-28(36,37)30(40,41)31(42,43)32(44,45)33(46,47)34(48,49)50/h8-13,16-18,24H,1-7,14-15H2. The molecule has 1 aliphatic carbocycles. The molecule has 1 unspecified atom stereocenters. The van der Waals surface area contributed by atoms with Crippen molar-refractivity contribution in [3.63, 3.8) is 0 Å². The number of unbranched alkanes of at least 4 members (excludes halogenated alkanes) is 3. The fourth-order valence-corrected chi connectivity index (χ4v) is 5.71. The van der Waals surface area contributed by atoms with Gasteiger partial charge in [0, 0.05) is 18.0 Å². The summed E-state index contributed by atoms with van der Waals surface area (Å²) in [6.45, 7) is 0.508. The summed E-state index contributed by atoms with van der Waals surface area (Å²) in [6.07, 6.45) is -4.30. The third kappa shape index (κ3) is 7.36. The molecule has 1 fully saturated rings. The molecule has 2 aromatic carbocycles. The van der Waals surface area contributed by atoms with Crippen LogP contribution < -0.4 is 9.47 Å². The van der Waals surface area contributed by atoms with Crippen molar-refractivity contribution in [2.24, 2.45) is 5.92 Å². The van der Waals surface area contributed by atoms with Gasteiger partial charge in [-0.05, 0) is 42.2 Å². The lowest BCUT2D eigenvalue weighted by Crippen LogP contribution is -2.70. The van der Waals surface area contributed by atoms with Gasteiger partial charge in [0.1, 0.15) is 22.9 Å². The Balaban J connectivity index is 1.27. The molecule has 0 amide bonds. The number of rotatable bonds is 16. The van der Waals surface area contributed by atoms with Gasteiger partial charge in [0.05, 0.1) is 18.6 Å². The molecule has 54 heavy (non-hydrogen) atoms. The molecular weight excluding hydrogens is 772 g/mol. The maximum atomic E-state index is 15.5. The second kappa shape index (κ2) is 14.3. The molecule has 20 heteroatoms. The highest BCUT2D eigenvalue weighted by Gasteiger charge is 2.91. The Labute approximate surface area is 295 Å². The number of halogens is 16. The minimum absolute atomic E-state index is 0.356. The largest absolute Gasteiger partial charge is 0.494 e. The van der Waals surface area contributed by atoms with Crippen LogP contribution in [0.4, 0.5) is 70.2 Å². The summed E-state index contributed by atoms with van der Waals surface area (Å²) in [6, 6.07) is 7.83. The predicted octanol–water partition coefficient (Wildman–Crippen LogP) is 11.7. The first kappa shape index (κ1) is 41.2. The Hall–Kier alpha value is -4.00. The van der Waals surface area contributed by atoms with Crippen molar-refractivity contribution in [1.82, 2.24) is 9.97 Å². The number of fused-ring (bicyclic) bond motifs is 1. The van der Waals surface area contributed by atoms with Gasteiger partial charge < -0.3 is 9.47 Å². The topological polar surface area (TPSA) is 44.2 Å². The van der Waals surface area contributed by atoms with Crippen LogP contribution in [-0.4, -0.2) is 58.5 Å². The summed E-state index contributed by atoms with van der Waals surface area (Å²) in [5.41, 5.74) is -1.81. The van der Waals surface area contributed by atoms with Crippen LogP contribution in [0.1, 0.15) is 56.9 Å². The van der Waals surface area contributed by atoms with E-state index in [-0.39, 0.29) is 0 Å². The van der Waals surface area contributed by atoms with Gasteiger partial charge in [0.2, 0.25) is 0 Å². The maximum Gasteiger partial charge on any atom is 0.460 e. The van der Waals surface area contributed by atoms with Gasteiger partial charge >= 0.3 is 41.7 Å². The summed E-state index contributed by atoms with van der Waals surface area (Å²) in [5.74, 6) is -46.6. The lowest BCUT2D eigenvalue weighted by atomic mass is 9.89. The molecule has 4 nitrogen and oxygen atoms in total. The van der Waals surface area contributed by atoms with E-state index in [1.165, 1.54) is 25.7 Å². The number of benzene rings is 2. The first-order valence-corrected chi connectivity index (χ1v) is 16.3. The lowest BCUT2D eigenvalue weighted by molar-refractivity contribution is -0.441. The van der Waals surface area contributed by atoms with Gasteiger partial charge in [-0.2, -0.15) is 65.9 Å². The Bertz CT molecular complexity index is 1780. The van der Waals surface area contributed by atoms with E-state index in [1.807, 2.05) is 0 Å². The molecule has 0 saturated heterocycles. The molecule has 0 N–H and O–H groups in total. The van der Waals surface area contributed by atoms with Crippen molar-refractivity contribution in [2.45, 2.75) is 99.2 Å². The van der Waals surface area contributed by atoms with E-state index in [1.54, 1.807) is 24.3 Å². The van der Waals surface area contributed by atoms with E-state index in [0.29, 0.717) is 35.6 Å². The summed E-state index contributed by atoms with van der Waals surface area (Å²) >= 11 is 0. The monoisotopic (exact) mass is 800 g/mol. The van der Waals surface area contributed by atoms with Gasteiger partial charge in [-0.25, -0.2) is 14.4 Å². The van der Waals surface area contributed by atoms with Gasteiger partial charge in [0.25, 0.3) is 0 Å². The van der Waals surface area contributed by atoms with E-state index >= 15 is 13.2 Å². The third-order valence-electron chi connectivity index (χ3n) is 9.10. The average Bonchev–Trinajstić information content (AvgIpc) is 3.87. The number of hydrogen-bond donors (Lipinski definition) is 0. The van der Waals surface area contributed by atoms with Crippen LogP contribution in [0.25, 0.3) is 22.5 Å². The van der Waals surface area contributed by atoms with Crippen LogP contribution in [0.5, 0.6) is 11.5 Å². The minimum Gasteiger partial charge on any atom is -0.494 e. The number of nitrogens with zero attached hydrogens (tertiary/aromatic N) is 2. The quantitative estimate of drug-likeness (QED) is 0.107. The van der Waals surface area contributed by atoms with Crippen LogP contribution in [0.2, 0.25) is 0 Å². The summed E-state index contributed by atoms with van der Waals surface area (Å²) in [5, 5.41) is 0. The second-order valence-corrected chi connectivity index (χ2v) is 13.0. The zero-order valence-electron chi connectivity index (χ0n) is 27.4. The smallest absolute Gasteiger partial charge is 0.460 e. The molecular formula is C34H28F16N2O2. The van der Waals surface area contributed by atoms with Crippen LogP contribution in [0.15, 0.2) is 48.8 Å². The second-order valence-electron chi connectivity index (χ2n) is 13.0. The SMILES string of the molecule is Fc1c(-c2ncc(-c3ccc(OCCCCCCC4CC4)cc3)cn2)ccc2c1C(F)(F)C(CC(F)(F)C(F)(F)C(F)(F)C(F)(F)C(F)(F)C(F)(F)F)O2. The van der Waals surface area contributed by atoms with Gasteiger partial charge in [-0.3, -0.25) is 0 Å². The predicted molar refractivity (Wildman–Crippen MR) is 158 cm³/mol. The molecule has 5 rings (SSSR count). The fraction of sp³-hybridized carbons (Fsp3) is 0.529. The molecule has 298 valence electrons. The Morgan fingerprint density at radius 3 is 1.83 bits per heavy atom. The van der Waals surface area contributed by atoms with Crippen molar-refractivity contribution in [3.05, 3.63) is 60.2 Å². The van der Waals surface area contributed by atoms with E-state index in [4.69, 9.17) is 4.74 Å². The Morgan fingerprint density at radius 2 is 1.26 bits per heavy atom. The van der Waals surface area contributed by atoms with Crippen molar-refractivity contribution in [3.8, 4) is 34.0 Å². The number of ether oxygens (including phenoxy) is 2. The highest BCUT2D eigenvalue weighted by molar-refractivity contribution is 5.66. The summed E-state index contributed by atoms with van der Waals surface area (Å²) < 4.78 is 232. The van der Waals surface area contributed by atoms with E-state index in [0.717, 1.165) is 37.6 Å². The van der Waals surface area contributed by atoms with E-state index in [9.17, 15) is 57.1 Å². The van der Waals surface area contributed by atoms with Crippen LogP contribution >= 0.6 is 0 Å².